The fourth-order valence-electron chi connectivity index (χ4n) is 1.67. The van der Waals surface area contributed by atoms with Crippen LogP contribution in [0.5, 0.6) is 0 Å². The molecule has 2 aromatic rings. The van der Waals surface area contributed by atoms with Crippen LogP contribution in [0.25, 0.3) is 0 Å². The largest absolute Gasteiger partial charge is 0.457 e. The van der Waals surface area contributed by atoms with Crippen molar-refractivity contribution in [2.45, 2.75) is 13.2 Å². The Balaban J connectivity index is 2.02. The molecule has 0 saturated heterocycles. The van der Waals surface area contributed by atoms with Gasteiger partial charge in [0.05, 0.1) is 12.2 Å². The lowest BCUT2D eigenvalue weighted by Crippen LogP contribution is -2.08. The van der Waals surface area contributed by atoms with Gasteiger partial charge >= 0.3 is 5.97 Å². The average Bonchev–Trinajstić information content (AvgIpc) is 2.47. The van der Waals surface area contributed by atoms with Crippen LogP contribution in [0.15, 0.2) is 42.5 Å². The second kappa shape index (κ2) is 6.41. The second-order valence-electron chi connectivity index (χ2n) is 4.28. The van der Waals surface area contributed by atoms with Crippen molar-refractivity contribution in [1.29, 1.82) is 0 Å². The number of nitrogens with two attached hydrogens (primary N) is 1. The molecule has 2 rings (SSSR count). The Hall–Kier alpha value is -2.04. The zero-order valence-electron chi connectivity index (χ0n) is 10.7. The van der Waals surface area contributed by atoms with Crippen LogP contribution >= 0.6 is 11.6 Å². The van der Waals surface area contributed by atoms with Crippen LogP contribution in [0.4, 0.5) is 5.69 Å². The summed E-state index contributed by atoms with van der Waals surface area (Å²) in [5, 5.41) is 9.37. The summed E-state index contributed by atoms with van der Waals surface area (Å²) in [5.41, 5.74) is 7.93. The van der Waals surface area contributed by atoms with Crippen molar-refractivity contribution in [3.05, 3.63) is 64.2 Å². The highest BCUT2D eigenvalue weighted by atomic mass is 35.5. The molecule has 0 aliphatic rings. The lowest BCUT2D eigenvalue weighted by atomic mass is 10.1. The van der Waals surface area contributed by atoms with E-state index >= 15 is 0 Å². The van der Waals surface area contributed by atoms with Gasteiger partial charge in [0.1, 0.15) is 6.61 Å². The number of carbonyl (C=O) groups is 1. The second-order valence-corrected chi connectivity index (χ2v) is 4.72. The van der Waals surface area contributed by atoms with Gasteiger partial charge < -0.3 is 15.6 Å². The number of hydrogen-bond donors (Lipinski definition) is 2. The van der Waals surface area contributed by atoms with Crippen LogP contribution < -0.4 is 5.73 Å². The Labute approximate surface area is 121 Å². The van der Waals surface area contributed by atoms with Crippen LogP contribution in [-0.2, 0) is 18.0 Å². The summed E-state index contributed by atoms with van der Waals surface area (Å²) in [4.78, 5) is 11.9. The topological polar surface area (TPSA) is 72.6 Å². The highest BCUT2D eigenvalue weighted by Gasteiger charge is 2.12. The number of hydrogen-bond acceptors (Lipinski definition) is 4. The van der Waals surface area contributed by atoms with Crippen molar-refractivity contribution in [3.63, 3.8) is 0 Å². The summed E-state index contributed by atoms with van der Waals surface area (Å²) in [5.74, 6) is -0.517. The van der Waals surface area contributed by atoms with Gasteiger partial charge in [-0.15, -0.1) is 0 Å². The molecule has 0 saturated carbocycles. The van der Waals surface area contributed by atoms with Gasteiger partial charge in [0, 0.05) is 10.7 Å². The molecule has 0 spiro atoms. The van der Waals surface area contributed by atoms with Gasteiger partial charge in [-0.1, -0.05) is 35.9 Å². The molecule has 0 fully saturated rings. The molecule has 0 aromatic heterocycles. The maximum atomic E-state index is 11.9. The van der Waals surface area contributed by atoms with E-state index in [2.05, 4.69) is 0 Å². The number of aliphatic hydroxyl groups excluding tert-OH is 1. The summed E-state index contributed by atoms with van der Waals surface area (Å²) in [6.07, 6.45) is 0. The minimum absolute atomic E-state index is 0.0148. The van der Waals surface area contributed by atoms with Gasteiger partial charge in [0.15, 0.2) is 0 Å². The fraction of sp³-hybridized carbons (Fsp3) is 0.133. The molecule has 0 bridgehead atoms. The van der Waals surface area contributed by atoms with Gasteiger partial charge in [0.25, 0.3) is 0 Å². The summed E-state index contributed by atoms with van der Waals surface area (Å²) >= 11 is 5.82. The van der Waals surface area contributed by atoms with E-state index in [1.807, 2.05) is 0 Å². The summed E-state index contributed by atoms with van der Waals surface area (Å²) in [7, 11) is 0. The maximum Gasteiger partial charge on any atom is 0.340 e. The first-order valence-electron chi connectivity index (χ1n) is 6.01. The monoisotopic (exact) mass is 291 g/mol. The van der Waals surface area contributed by atoms with E-state index in [4.69, 9.17) is 27.2 Å². The number of halogens is 1. The number of benzene rings is 2. The summed E-state index contributed by atoms with van der Waals surface area (Å²) in [6, 6.07) is 11.8. The molecule has 0 heterocycles. The standard InChI is InChI=1S/C15H14ClNO3/c16-12-5-6-14(17)13(7-12)15(19)20-9-11-3-1-10(8-18)2-4-11/h1-7,18H,8-9,17H2. The van der Waals surface area contributed by atoms with E-state index in [0.29, 0.717) is 10.7 Å². The third-order valence-corrected chi connectivity index (χ3v) is 3.05. The lowest BCUT2D eigenvalue weighted by molar-refractivity contribution is 0.0474. The van der Waals surface area contributed by atoms with E-state index in [1.54, 1.807) is 36.4 Å². The van der Waals surface area contributed by atoms with Crippen LogP contribution in [0.1, 0.15) is 21.5 Å². The Kier molecular flexibility index (Phi) is 4.61. The van der Waals surface area contributed by atoms with Crippen molar-refractivity contribution in [3.8, 4) is 0 Å². The molecule has 0 atom stereocenters. The molecule has 104 valence electrons. The van der Waals surface area contributed by atoms with E-state index < -0.39 is 5.97 Å². The normalized spacial score (nSPS) is 10.3. The van der Waals surface area contributed by atoms with Crippen molar-refractivity contribution < 1.29 is 14.6 Å². The predicted octanol–water partition coefficient (Wildman–Crippen LogP) is 2.77. The minimum Gasteiger partial charge on any atom is -0.457 e. The molecule has 3 N–H and O–H groups in total. The lowest BCUT2D eigenvalue weighted by Gasteiger charge is -2.08. The van der Waals surface area contributed by atoms with Crippen LogP contribution in [0, 0.1) is 0 Å². The number of nitrogen functional groups attached to an aromatic ring is 1. The molecule has 0 amide bonds. The Morgan fingerprint density at radius 1 is 1.15 bits per heavy atom. The first-order valence-corrected chi connectivity index (χ1v) is 6.39. The Morgan fingerprint density at radius 2 is 1.80 bits per heavy atom. The first kappa shape index (κ1) is 14.4. The molecule has 0 unspecified atom stereocenters. The van der Waals surface area contributed by atoms with E-state index in [0.717, 1.165) is 11.1 Å². The molecule has 5 heteroatoms. The molecule has 0 aliphatic heterocycles. The number of carbonyl (C=O) groups excluding carboxylic acids is 1. The highest BCUT2D eigenvalue weighted by Crippen LogP contribution is 2.19. The molecule has 0 aliphatic carbocycles. The van der Waals surface area contributed by atoms with Gasteiger partial charge in [-0.05, 0) is 29.3 Å². The van der Waals surface area contributed by atoms with Crippen molar-refractivity contribution in [2.75, 3.05) is 5.73 Å². The van der Waals surface area contributed by atoms with Crippen LogP contribution in [-0.4, -0.2) is 11.1 Å². The number of anilines is 1. The van der Waals surface area contributed by atoms with Gasteiger partial charge in [-0.3, -0.25) is 0 Å². The smallest absolute Gasteiger partial charge is 0.340 e. The molecule has 0 radical (unpaired) electrons. The molecule has 2 aromatic carbocycles. The van der Waals surface area contributed by atoms with Gasteiger partial charge in [-0.25, -0.2) is 4.79 Å². The zero-order chi connectivity index (χ0) is 14.5. The molecule has 4 nitrogen and oxygen atoms in total. The number of ether oxygens (including phenoxy) is 1. The third kappa shape index (κ3) is 3.50. The minimum atomic E-state index is -0.517. The fourth-order valence-corrected chi connectivity index (χ4v) is 1.84. The first-order chi connectivity index (χ1) is 9.60. The average molecular weight is 292 g/mol. The van der Waals surface area contributed by atoms with Crippen molar-refractivity contribution in [1.82, 2.24) is 0 Å². The SMILES string of the molecule is Nc1ccc(Cl)cc1C(=O)OCc1ccc(CO)cc1. The van der Waals surface area contributed by atoms with E-state index in [9.17, 15) is 4.79 Å². The zero-order valence-corrected chi connectivity index (χ0v) is 11.4. The van der Waals surface area contributed by atoms with E-state index in [1.165, 1.54) is 6.07 Å². The third-order valence-electron chi connectivity index (χ3n) is 2.81. The van der Waals surface area contributed by atoms with Gasteiger partial charge in [0.2, 0.25) is 0 Å². The number of rotatable bonds is 4. The Bertz CT molecular complexity index is 611. The van der Waals surface area contributed by atoms with E-state index in [-0.39, 0.29) is 18.8 Å². The van der Waals surface area contributed by atoms with Crippen molar-refractivity contribution >= 4 is 23.3 Å². The summed E-state index contributed by atoms with van der Waals surface area (Å²) in [6.45, 7) is 0.121. The Morgan fingerprint density at radius 3 is 2.45 bits per heavy atom. The predicted molar refractivity (Wildman–Crippen MR) is 77.3 cm³/mol. The molecular formula is C15H14ClNO3. The molecule has 20 heavy (non-hydrogen) atoms. The summed E-state index contributed by atoms with van der Waals surface area (Å²) < 4.78 is 5.18. The van der Waals surface area contributed by atoms with Gasteiger partial charge in [-0.2, -0.15) is 0 Å². The number of aliphatic hydroxyl groups is 1. The quantitative estimate of drug-likeness (QED) is 0.671. The van der Waals surface area contributed by atoms with Crippen molar-refractivity contribution in [2.24, 2.45) is 0 Å². The highest BCUT2D eigenvalue weighted by molar-refractivity contribution is 6.31. The molecular weight excluding hydrogens is 278 g/mol. The number of esters is 1. The maximum absolute atomic E-state index is 11.9. The van der Waals surface area contributed by atoms with Crippen LogP contribution in [0.3, 0.4) is 0 Å². The van der Waals surface area contributed by atoms with Crippen LogP contribution in [0.2, 0.25) is 5.02 Å².